The minimum atomic E-state index is -0.117. The van der Waals surface area contributed by atoms with E-state index in [1.807, 2.05) is 36.5 Å². The van der Waals surface area contributed by atoms with Crippen LogP contribution in [0.2, 0.25) is 0 Å². The van der Waals surface area contributed by atoms with Crippen molar-refractivity contribution in [3.05, 3.63) is 60.2 Å². The fourth-order valence-electron chi connectivity index (χ4n) is 3.03. The normalized spacial score (nSPS) is 13.0. The molecule has 0 aliphatic carbocycles. The zero-order chi connectivity index (χ0) is 18.6. The van der Waals surface area contributed by atoms with Gasteiger partial charge in [0.2, 0.25) is 17.8 Å². The van der Waals surface area contributed by atoms with Gasteiger partial charge in [0.15, 0.2) is 0 Å². The van der Waals surface area contributed by atoms with Crippen molar-refractivity contribution in [2.75, 3.05) is 22.1 Å². The molecule has 2 N–H and O–H groups in total. The smallest absolute Gasteiger partial charge is 0.232 e. The van der Waals surface area contributed by atoms with Crippen molar-refractivity contribution < 1.29 is 4.79 Å². The number of pyridine rings is 1. The molecule has 3 heterocycles. The first-order chi connectivity index (χ1) is 13.2. The van der Waals surface area contributed by atoms with Crippen molar-refractivity contribution in [2.45, 2.75) is 19.9 Å². The Labute approximate surface area is 156 Å². The maximum atomic E-state index is 11.2. The Morgan fingerprint density at radius 1 is 1.11 bits per heavy atom. The molecule has 2 aromatic heterocycles. The molecule has 0 spiro atoms. The second-order valence-corrected chi connectivity index (χ2v) is 6.28. The molecule has 27 heavy (non-hydrogen) atoms. The van der Waals surface area contributed by atoms with E-state index in [0.29, 0.717) is 24.1 Å². The van der Waals surface area contributed by atoms with Crippen LogP contribution in [0.3, 0.4) is 0 Å². The Balaban J connectivity index is 1.51. The standard InChI is InChI=1S/C19H19N7O/c1-13(27)23-15-5-2-6-16(10-15)24-18-21-12-22-19(25-18)26-9-7-14-4-3-8-20-17(14)11-26/h2-6,8,10,12H,7,9,11H2,1H3,(H,23,27)(H,21,22,24,25). The third-order valence-electron chi connectivity index (χ3n) is 4.26. The first-order valence-corrected chi connectivity index (χ1v) is 8.69. The van der Waals surface area contributed by atoms with E-state index in [1.54, 1.807) is 0 Å². The molecule has 1 aliphatic heterocycles. The molecule has 1 amide bonds. The third-order valence-corrected chi connectivity index (χ3v) is 4.26. The summed E-state index contributed by atoms with van der Waals surface area (Å²) in [6, 6.07) is 11.5. The van der Waals surface area contributed by atoms with Crippen LogP contribution in [0, 0.1) is 0 Å². The maximum absolute atomic E-state index is 11.2. The maximum Gasteiger partial charge on any atom is 0.232 e. The van der Waals surface area contributed by atoms with Crippen LogP contribution >= 0.6 is 0 Å². The lowest BCUT2D eigenvalue weighted by molar-refractivity contribution is -0.114. The number of fused-ring (bicyclic) bond motifs is 1. The lowest BCUT2D eigenvalue weighted by Crippen LogP contribution is -2.32. The topological polar surface area (TPSA) is 95.9 Å². The van der Waals surface area contributed by atoms with Crippen LogP contribution in [-0.4, -0.2) is 32.4 Å². The molecule has 0 bridgehead atoms. The fraction of sp³-hybridized carbons (Fsp3) is 0.211. The van der Waals surface area contributed by atoms with Gasteiger partial charge in [0.25, 0.3) is 0 Å². The van der Waals surface area contributed by atoms with Crippen molar-refractivity contribution >= 4 is 29.2 Å². The molecule has 1 aromatic carbocycles. The van der Waals surface area contributed by atoms with E-state index in [2.05, 4.69) is 41.5 Å². The quantitative estimate of drug-likeness (QED) is 0.737. The van der Waals surface area contributed by atoms with Crippen LogP contribution in [0.5, 0.6) is 0 Å². The summed E-state index contributed by atoms with van der Waals surface area (Å²) in [5.41, 5.74) is 3.82. The van der Waals surface area contributed by atoms with Crippen LogP contribution in [0.15, 0.2) is 48.9 Å². The number of carbonyl (C=O) groups excluding carboxylic acids is 1. The summed E-state index contributed by atoms with van der Waals surface area (Å²) in [7, 11) is 0. The van der Waals surface area contributed by atoms with Crippen molar-refractivity contribution in [1.29, 1.82) is 0 Å². The summed E-state index contributed by atoms with van der Waals surface area (Å²) in [6.45, 7) is 2.99. The number of hydrogen-bond donors (Lipinski definition) is 2. The van der Waals surface area contributed by atoms with E-state index in [0.717, 1.165) is 24.3 Å². The van der Waals surface area contributed by atoms with Crippen LogP contribution in [0.25, 0.3) is 0 Å². The van der Waals surface area contributed by atoms with Gasteiger partial charge < -0.3 is 15.5 Å². The van der Waals surface area contributed by atoms with Crippen LogP contribution in [0.4, 0.5) is 23.3 Å². The number of carbonyl (C=O) groups is 1. The van der Waals surface area contributed by atoms with E-state index in [9.17, 15) is 4.79 Å². The van der Waals surface area contributed by atoms with Crippen molar-refractivity contribution in [3.63, 3.8) is 0 Å². The summed E-state index contributed by atoms with van der Waals surface area (Å²) >= 11 is 0. The Morgan fingerprint density at radius 2 is 2.00 bits per heavy atom. The highest BCUT2D eigenvalue weighted by molar-refractivity contribution is 5.89. The van der Waals surface area contributed by atoms with Gasteiger partial charge in [-0.15, -0.1) is 0 Å². The minimum absolute atomic E-state index is 0.117. The number of nitrogens with zero attached hydrogens (tertiary/aromatic N) is 5. The van der Waals surface area contributed by atoms with Crippen LogP contribution < -0.4 is 15.5 Å². The molecule has 0 fully saturated rings. The fourth-order valence-corrected chi connectivity index (χ4v) is 3.03. The van der Waals surface area contributed by atoms with Gasteiger partial charge in [0, 0.05) is 31.0 Å². The lowest BCUT2D eigenvalue weighted by atomic mass is 10.1. The first kappa shape index (κ1) is 16.9. The molecule has 136 valence electrons. The molecule has 0 saturated carbocycles. The number of amides is 1. The predicted molar refractivity (Wildman–Crippen MR) is 103 cm³/mol. The highest BCUT2D eigenvalue weighted by Crippen LogP contribution is 2.22. The zero-order valence-electron chi connectivity index (χ0n) is 14.9. The van der Waals surface area contributed by atoms with Gasteiger partial charge in [-0.2, -0.15) is 4.98 Å². The Kier molecular flexibility index (Phi) is 4.61. The van der Waals surface area contributed by atoms with E-state index in [1.165, 1.54) is 18.8 Å². The minimum Gasteiger partial charge on any atom is -0.334 e. The highest BCUT2D eigenvalue weighted by Gasteiger charge is 2.19. The van der Waals surface area contributed by atoms with Crippen molar-refractivity contribution in [2.24, 2.45) is 0 Å². The number of hydrogen-bond acceptors (Lipinski definition) is 7. The number of rotatable bonds is 4. The van der Waals surface area contributed by atoms with Crippen molar-refractivity contribution in [1.82, 2.24) is 19.9 Å². The van der Waals surface area contributed by atoms with Gasteiger partial charge in [0.05, 0.1) is 12.2 Å². The molecule has 8 nitrogen and oxygen atoms in total. The number of benzene rings is 1. The van der Waals surface area contributed by atoms with E-state index in [4.69, 9.17) is 0 Å². The van der Waals surface area contributed by atoms with Gasteiger partial charge in [-0.3, -0.25) is 9.78 Å². The highest BCUT2D eigenvalue weighted by atomic mass is 16.1. The van der Waals surface area contributed by atoms with Gasteiger partial charge in [-0.1, -0.05) is 12.1 Å². The molecule has 1 aliphatic rings. The number of nitrogens with one attached hydrogen (secondary N) is 2. The molecule has 4 rings (SSSR count). The molecule has 8 heteroatoms. The molecule has 0 unspecified atom stereocenters. The first-order valence-electron chi connectivity index (χ1n) is 8.69. The Morgan fingerprint density at radius 3 is 2.89 bits per heavy atom. The Bertz CT molecular complexity index is 976. The summed E-state index contributed by atoms with van der Waals surface area (Å²) in [5, 5.41) is 5.92. The lowest BCUT2D eigenvalue weighted by Gasteiger charge is -2.27. The average Bonchev–Trinajstić information content (AvgIpc) is 2.67. The molecule has 3 aromatic rings. The van der Waals surface area contributed by atoms with E-state index < -0.39 is 0 Å². The SMILES string of the molecule is CC(=O)Nc1cccc(Nc2ncnc(N3CCc4cccnc4C3)n2)c1. The second kappa shape index (κ2) is 7.36. The summed E-state index contributed by atoms with van der Waals surface area (Å²) in [4.78, 5) is 30.8. The van der Waals surface area contributed by atoms with Gasteiger partial charge in [-0.05, 0) is 36.2 Å². The van der Waals surface area contributed by atoms with Crippen molar-refractivity contribution in [3.8, 4) is 0 Å². The monoisotopic (exact) mass is 361 g/mol. The predicted octanol–water partition coefficient (Wildman–Crippen LogP) is 2.53. The third kappa shape index (κ3) is 4.00. The van der Waals surface area contributed by atoms with E-state index in [-0.39, 0.29) is 5.91 Å². The average molecular weight is 361 g/mol. The van der Waals surface area contributed by atoms with Gasteiger partial charge in [-0.25, -0.2) is 9.97 Å². The van der Waals surface area contributed by atoms with E-state index >= 15 is 0 Å². The van der Waals surface area contributed by atoms with Gasteiger partial charge >= 0.3 is 0 Å². The molecule has 0 atom stereocenters. The second-order valence-electron chi connectivity index (χ2n) is 6.28. The van der Waals surface area contributed by atoms with Crippen LogP contribution in [0.1, 0.15) is 18.2 Å². The summed E-state index contributed by atoms with van der Waals surface area (Å²) < 4.78 is 0. The summed E-state index contributed by atoms with van der Waals surface area (Å²) in [6.07, 6.45) is 4.22. The van der Waals surface area contributed by atoms with Gasteiger partial charge in [0.1, 0.15) is 6.33 Å². The van der Waals surface area contributed by atoms with Crippen LogP contribution in [-0.2, 0) is 17.8 Å². The molecular weight excluding hydrogens is 342 g/mol. The Hall–Kier alpha value is -3.55. The zero-order valence-corrected chi connectivity index (χ0v) is 14.9. The summed E-state index contributed by atoms with van der Waals surface area (Å²) in [5.74, 6) is 0.946. The largest absolute Gasteiger partial charge is 0.334 e. The molecule has 0 saturated heterocycles. The number of anilines is 4. The number of aromatic nitrogens is 4. The molecular formula is C19H19N7O. The molecule has 0 radical (unpaired) electrons.